The summed E-state index contributed by atoms with van der Waals surface area (Å²) >= 11 is 0. The summed E-state index contributed by atoms with van der Waals surface area (Å²) in [5.41, 5.74) is 0. The van der Waals surface area contributed by atoms with Crippen LogP contribution in [0.1, 0.15) is 39.0 Å². The first-order chi connectivity index (χ1) is 6.70. The quantitative estimate of drug-likeness (QED) is 0.507. The Kier molecular flexibility index (Phi) is 4.48. The van der Waals surface area contributed by atoms with Gasteiger partial charge in [0.1, 0.15) is 0 Å². The van der Waals surface area contributed by atoms with E-state index in [1.165, 1.54) is 0 Å². The first kappa shape index (κ1) is 11.6. The predicted molar refractivity (Wildman–Crippen MR) is 57.1 cm³/mol. The second-order valence-corrected chi connectivity index (χ2v) is 4.22. The average Bonchev–Trinajstić information content (AvgIpc) is 2.39. The van der Waals surface area contributed by atoms with E-state index in [1.807, 2.05) is 6.92 Å². The lowest BCUT2D eigenvalue weighted by atomic mass is 9.65. The van der Waals surface area contributed by atoms with Gasteiger partial charge in [0.15, 0.2) is 0 Å². The molecule has 0 N–H and O–H groups in total. The molecule has 0 heterocycles. The molecule has 3 heteroatoms. The molecular formula is C11H18BNO. The van der Waals surface area contributed by atoms with Crippen molar-refractivity contribution in [3.8, 4) is 6.07 Å². The lowest BCUT2D eigenvalue weighted by molar-refractivity contribution is 0.104. The highest BCUT2D eigenvalue weighted by Gasteiger charge is 2.27. The second kappa shape index (κ2) is 5.41. The van der Waals surface area contributed by atoms with E-state index in [4.69, 9.17) is 17.8 Å². The summed E-state index contributed by atoms with van der Waals surface area (Å²) in [6.07, 6.45) is 4.90. The standard InChI is InChI=1S/C11H18BNO/c1-2-14-8-10-4-3-6-11(12,9-13)7-5-10/h10H,2-8H2,1H3. The van der Waals surface area contributed by atoms with Gasteiger partial charge < -0.3 is 4.74 Å². The van der Waals surface area contributed by atoms with Crippen molar-refractivity contribution < 1.29 is 4.74 Å². The summed E-state index contributed by atoms with van der Waals surface area (Å²) in [5, 5.41) is 8.36. The molecule has 1 fully saturated rings. The minimum Gasteiger partial charge on any atom is -0.381 e. The Morgan fingerprint density at radius 2 is 2.29 bits per heavy atom. The third kappa shape index (κ3) is 3.34. The minimum absolute atomic E-state index is 0.568. The molecule has 1 aliphatic rings. The summed E-state index contributed by atoms with van der Waals surface area (Å²) in [6.45, 7) is 3.62. The van der Waals surface area contributed by atoms with E-state index in [-0.39, 0.29) is 0 Å². The van der Waals surface area contributed by atoms with Gasteiger partial charge in [0.25, 0.3) is 0 Å². The van der Waals surface area contributed by atoms with Crippen LogP contribution in [0.15, 0.2) is 0 Å². The lowest BCUT2D eigenvalue weighted by Crippen LogP contribution is -2.11. The van der Waals surface area contributed by atoms with Crippen molar-refractivity contribution in [3.63, 3.8) is 0 Å². The van der Waals surface area contributed by atoms with Crippen LogP contribution in [0.5, 0.6) is 0 Å². The summed E-state index contributed by atoms with van der Waals surface area (Å²) in [6, 6.07) is 2.23. The molecule has 0 aliphatic heterocycles. The number of rotatable bonds is 3. The number of ether oxygens (including phenoxy) is 1. The molecule has 0 aromatic rings. The normalized spacial score (nSPS) is 33.3. The van der Waals surface area contributed by atoms with E-state index in [1.54, 1.807) is 0 Å². The maximum absolute atomic E-state index is 8.93. The maximum atomic E-state index is 8.93. The molecule has 0 saturated heterocycles. The summed E-state index contributed by atoms with van der Waals surface area (Å²) in [5.74, 6) is 0.605. The van der Waals surface area contributed by atoms with Crippen LogP contribution in [-0.4, -0.2) is 21.1 Å². The van der Waals surface area contributed by atoms with Crippen LogP contribution < -0.4 is 0 Å². The maximum Gasteiger partial charge on any atom is 0.0951 e. The van der Waals surface area contributed by atoms with Crippen molar-refractivity contribution in [1.82, 2.24) is 0 Å². The second-order valence-electron chi connectivity index (χ2n) is 4.22. The minimum atomic E-state index is -0.568. The van der Waals surface area contributed by atoms with Gasteiger partial charge in [0.2, 0.25) is 0 Å². The molecule has 1 rings (SSSR count). The molecule has 1 aliphatic carbocycles. The van der Waals surface area contributed by atoms with Crippen LogP contribution in [0.2, 0.25) is 5.31 Å². The van der Waals surface area contributed by atoms with Gasteiger partial charge in [-0.05, 0) is 38.5 Å². The van der Waals surface area contributed by atoms with Crippen molar-refractivity contribution >= 4 is 7.85 Å². The molecule has 0 bridgehead atoms. The van der Waals surface area contributed by atoms with Gasteiger partial charge in [0.05, 0.1) is 13.9 Å². The van der Waals surface area contributed by atoms with E-state index in [9.17, 15) is 0 Å². The molecule has 2 radical (unpaired) electrons. The largest absolute Gasteiger partial charge is 0.381 e. The van der Waals surface area contributed by atoms with E-state index >= 15 is 0 Å². The van der Waals surface area contributed by atoms with Crippen LogP contribution in [0.4, 0.5) is 0 Å². The zero-order valence-electron chi connectivity index (χ0n) is 8.96. The molecule has 0 aromatic carbocycles. The van der Waals surface area contributed by atoms with E-state index in [0.717, 1.165) is 45.3 Å². The molecule has 1 saturated carbocycles. The number of hydrogen-bond acceptors (Lipinski definition) is 2. The fourth-order valence-electron chi connectivity index (χ4n) is 2.00. The number of nitriles is 1. The molecule has 0 spiro atoms. The third-order valence-electron chi connectivity index (χ3n) is 3.01. The monoisotopic (exact) mass is 191 g/mol. The van der Waals surface area contributed by atoms with E-state index < -0.39 is 5.31 Å². The molecule has 76 valence electrons. The van der Waals surface area contributed by atoms with Crippen molar-refractivity contribution in [2.45, 2.75) is 44.3 Å². The van der Waals surface area contributed by atoms with Crippen LogP contribution in [-0.2, 0) is 4.74 Å². The Balaban J connectivity index is 2.38. The Bertz CT molecular complexity index is 214. The predicted octanol–water partition coefficient (Wildman–Crippen LogP) is 2.45. The summed E-state index contributed by atoms with van der Waals surface area (Å²) in [7, 11) is 5.95. The van der Waals surface area contributed by atoms with Gasteiger partial charge in [-0.15, -0.1) is 0 Å². The van der Waals surface area contributed by atoms with Crippen LogP contribution >= 0.6 is 0 Å². The molecule has 2 atom stereocenters. The molecule has 2 nitrogen and oxygen atoms in total. The van der Waals surface area contributed by atoms with Gasteiger partial charge in [-0.3, -0.25) is 0 Å². The summed E-state index contributed by atoms with van der Waals surface area (Å²) in [4.78, 5) is 0. The fraction of sp³-hybridized carbons (Fsp3) is 0.909. The Hall–Kier alpha value is -0.485. The Labute approximate surface area is 88.0 Å². The van der Waals surface area contributed by atoms with Gasteiger partial charge in [0, 0.05) is 18.5 Å². The first-order valence-corrected chi connectivity index (χ1v) is 5.48. The van der Waals surface area contributed by atoms with Crippen molar-refractivity contribution in [2.24, 2.45) is 5.92 Å². The van der Waals surface area contributed by atoms with Crippen molar-refractivity contribution in [2.75, 3.05) is 13.2 Å². The Morgan fingerprint density at radius 3 is 2.93 bits per heavy atom. The highest BCUT2D eigenvalue weighted by Crippen LogP contribution is 2.39. The van der Waals surface area contributed by atoms with Crippen molar-refractivity contribution in [3.05, 3.63) is 0 Å². The molecule has 14 heavy (non-hydrogen) atoms. The summed E-state index contributed by atoms with van der Waals surface area (Å²) < 4.78 is 5.41. The number of nitrogens with zero attached hydrogens (tertiary/aromatic N) is 1. The van der Waals surface area contributed by atoms with Gasteiger partial charge in [-0.1, -0.05) is 6.42 Å². The van der Waals surface area contributed by atoms with Gasteiger partial charge in [-0.2, -0.15) is 5.26 Å². The van der Waals surface area contributed by atoms with Crippen LogP contribution in [0.25, 0.3) is 0 Å². The topological polar surface area (TPSA) is 33.0 Å². The molecule has 0 amide bonds. The first-order valence-electron chi connectivity index (χ1n) is 5.48. The molecule has 2 unspecified atom stereocenters. The van der Waals surface area contributed by atoms with E-state index in [0.29, 0.717) is 5.92 Å². The zero-order valence-corrected chi connectivity index (χ0v) is 8.96. The Morgan fingerprint density at radius 1 is 1.50 bits per heavy atom. The van der Waals surface area contributed by atoms with Gasteiger partial charge >= 0.3 is 0 Å². The SMILES string of the molecule is [B]C1(C#N)CCCC(COCC)CC1. The smallest absolute Gasteiger partial charge is 0.0951 e. The third-order valence-corrected chi connectivity index (χ3v) is 3.01. The van der Waals surface area contributed by atoms with Gasteiger partial charge in [-0.25, -0.2) is 0 Å². The fourth-order valence-corrected chi connectivity index (χ4v) is 2.00. The highest BCUT2D eigenvalue weighted by atomic mass is 16.5. The molecule has 0 aromatic heterocycles. The number of hydrogen-bond donors (Lipinski definition) is 0. The van der Waals surface area contributed by atoms with Crippen LogP contribution in [0.3, 0.4) is 0 Å². The zero-order chi connectivity index (χ0) is 10.4. The van der Waals surface area contributed by atoms with Crippen LogP contribution in [0, 0.1) is 17.2 Å². The average molecular weight is 191 g/mol. The van der Waals surface area contributed by atoms with E-state index in [2.05, 4.69) is 6.07 Å². The molecular weight excluding hydrogens is 173 g/mol. The van der Waals surface area contributed by atoms with Crippen molar-refractivity contribution in [1.29, 1.82) is 5.26 Å². The highest BCUT2D eigenvalue weighted by molar-refractivity contribution is 6.17. The lowest BCUT2D eigenvalue weighted by Gasteiger charge is -2.19.